The maximum absolute atomic E-state index is 11.4. The van der Waals surface area contributed by atoms with Gasteiger partial charge in [0.2, 0.25) is 5.91 Å². The van der Waals surface area contributed by atoms with E-state index in [1.54, 1.807) is 0 Å². The van der Waals surface area contributed by atoms with E-state index in [0.29, 0.717) is 24.5 Å². The van der Waals surface area contributed by atoms with Crippen LogP contribution in [0.15, 0.2) is 0 Å². The number of hydrogen-bond acceptors (Lipinski definition) is 5. The SMILES string of the molecule is Cc1nnc(NCCNC(=O)C2CC2)c(C#N)c1C. The van der Waals surface area contributed by atoms with Crippen LogP contribution in [0.1, 0.15) is 29.7 Å². The monoisotopic (exact) mass is 259 g/mol. The molecule has 0 bridgehead atoms. The number of aromatic nitrogens is 2. The van der Waals surface area contributed by atoms with Crippen molar-refractivity contribution >= 4 is 11.7 Å². The van der Waals surface area contributed by atoms with Gasteiger partial charge in [-0.3, -0.25) is 4.79 Å². The summed E-state index contributed by atoms with van der Waals surface area (Å²) in [5, 5.41) is 23.0. The molecular weight excluding hydrogens is 242 g/mol. The van der Waals surface area contributed by atoms with Crippen molar-refractivity contribution in [2.45, 2.75) is 26.7 Å². The largest absolute Gasteiger partial charge is 0.366 e. The third-order valence-electron chi connectivity index (χ3n) is 3.23. The smallest absolute Gasteiger partial charge is 0.223 e. The minimum absolute atomic E-state index is 0.119. The van der Waals surface area contributed by atoms with Gasteiger partial charge >= 0.3 is 0 Å². The Kier molecular flexibility index (Phi) is 3.95. The summed E-state index contributed by atoms with van der Waals surface area (Å²) in [6.07, 6.45) is 2.00. The Morgan fingerprint density at radius 3 is 2.74 bits per heavy atom. The predicted molar refractivity (Wildman–Crippen MR) is 70.4 cm³/mol. The Bertz CT molecular complexity index is 531. The maximum atomic E-state index is 11.4. The van der Waals surface area contributed by atoms with Gasteiger partial charge in [-0.1, -0.05) is 0 Å². The van der Waals surface area contributed by atoms with E-state index in [4.69, 9.17) is 5.26 Å². The van der Waals surface area contributed by atoms with Crippen LogP contribution in [-0.2, 0) is 4.79 Å². The van der Waals surface area contributed by atoms with Crippen molar-refractivity contribution in [3.05, 3.63) is 16.8 Å². The maximum Gasteiger partial charge on any atom is 0.223 e. The van der Waals surface area contributed by atoms with Crippen LogP contribution in [0.2, 0.25) is 0 Å². The fourth-order valence-electron chi connectivity index (χ4n) is 1.73. The standard InChI is InChI=1S/C13H17N5O/c1-8-9(2)17-18-12(11(8)7-14)15-5-6-16-13(19)10-3-4-10/h10H,3-6H2,1-2H3,(H,15,18)(H,16,19). The Morgan fingerprint density at radius 2 is 2.11 bits per heavy atom. The molecule has 0 unspecified atom stereocenters. The third kappa shape index (κ3) is 3.19. The van der Waals surface area contributed by atoms with Gasteiger partial charge in [0, 0.05) is 19.0 Å². The fraction of sp³-hybridized carbons (Fsp3) is 0.538. The van der Waals surface area contributed by atoms with Crippen LogP contribution < -0.4 is 10.6 Å². The van der Waals surface area contributed by atoms with E-state index in [0.717, 1.165) is 24.1 Å². The van der Waals surface area contributed by atoms with Crippen molar-refractivity contribution in [2.75, 3.05) is 18.4 Å². The van der Waals surface area contributed by atoms with Crippen molar-refractivity contribution in [3.8, 4) is 6.07 Å². The molecule has 1 heterocycles. The average Bonchev–Trinajstić information content (AvgIpc) is 3.23. The molecule has 0 atom stereocenters. The molecule has 1 saturated carbocycles. The number of carbonyl (C=O) groups is 1. The van der Waals surface area contributed by atoms with E-state index < -0.39 is 0 Å². The van der Waals surface area contributed by atoms with Crippen molar-refractivity contribution in [1.29, 1.82) is 5.26 Å². The van der Waals surface area contributed by atoms with Crippen molar-refractivity contribution < 1.29 is 4.79 Å². The van der Waals surface area contributed by atoms with Gasteiger partial charge in [-0.2, -0.15) is 10.4 Å². The number of anilines is 1. The molecule has 0 spiro atoms. The van der Waals surface area contributed by atoms with E-state index in [1.165, 1.54) is 0 Å². The van der Waals surface area contributed by atoms with Gasteiger partial charge in [-0.25, -0.2) is 0 Å². The van der Waals surface area contributed by atoms with E-state index in [9.17, 15) is 4.79 Å². The zero-order valence-electron chi connectivity index (χ0n) is 11.2. The molecule has 1 aromatic heterocycles. The summed E-state index contributed by atoms with van der Waals surface area (Å²) in [6, 6.07) is 2.13. The Hall–Kier alpha value is -2.16. The number of carbonyl (C=O) groups excluding carboxylic acids is 1. The summed E-state index contributed by atoms with van der Waals surface area (Å²) in [5.74, 6) is 0.816. The summed E-state index contributed by atoms with van der Waals surface area (Å²) in [5.41, 5.74) is 2.10. The van der Waals surface area contributed by atoms with Crippen LogP contribution in [0.3, 0.4) is 0 Å². The minimum Gasteiger partial charge on any atom is -0.366 e. The van der Waals surface area contributed by atoms with E-state index in [-0.39, 0.29) is 11.8 Å². The quantitative estimate of drug-likeness (QED) is 0.767. The molecule has 1 fully saturated rings. The molecule has 0 aromatic carbocycles. The number of amides is 1. The van der Waals surface area contributed by atoms with Crippen LogP contribution in [0.5, 0.6) is 0 Å². The summed E-state index contributed by atoms with van der Waals surface area (Å²) in [7, 11) is 0. The molecule has 6 nitrogen and oxygen atoms in total. The van der Waals surface area contributed by atoms with Crippen LogP contribution in [0.4, 0.5) is 5.82 Å². The number of nitrogens with zero attached hydrogens (tertiary/aromatic N) is 3. The highest BCUT2D eigenvalue weighted by Crippen LogP contribution is 2.28. The highest BCUT2D eigenvalue weighted by molar-refractivity contribution is 5.80. The molecule has 1 aromatic rings. The Balaban J connectivity index is 1.87. The van der Waals surface area contributed by atoms with E-state index in [1.807, 2.05) is 13.8 Å². The lowest BCUT2D eigenvalue weighted by Crippen LogP contribution is -2.30. The molecule has 1 aliphatic rings. The molecule has 0 radical (unpaired) electrons. The normalized spacial score (nSPS) is 13.7. The summed E-state index contributed by atoms with van der Waals surface area (Å²) in [4.78, 5) is 11.4. The lowest BCUT2D eigenvalue weighted by atomic mass is 10.1. The lowest BCUT2D eigenvalue weighted by Gasteiger charge is -2.10. The van der Waals surface area contributed by atoms with Gasteiger partial charge in [0.1, 0.15) is 11.6 Å². The molecule has 0 saturated heterocycles. The first kappa shape index (κ1) is 13.3. The molecule has 19 heavy (non-hydrogen) atoms. The van der Waals surface area contributed by atoms with Gasteiger partial charge in [-0.15, -0.1) is 5.10 Å². The highest BCUT2D eigenvalue weighted by atomic mass is 16.2. The minimum atomic E-state index is 0.119. The zero-order chi connectivity index (χ0) is 13.8. The molecule has 100 valence electrons. The van der Waals surface area contributed by atoms with Crippen LogP contribution in [-0.4, -0.2) is 29.2 Å². The number of aryl methyl sites for hydroxylation is 1. The Labute approximate surface area is 112 Å². The third-order valence-corrected chi connectivity index (χ3v) is 3.23. The number of nitrogens with one attached hydrogen (secondary N) is 2. The second kappa shape index (κ2) is 5.65. The van der Waals surface area contributed by atoms with Gasteiger partial charge in [-0.05, 0) is 32.3 Å². The van der Waals surface area contributed by atoms with Gasteiger partial charge < -0.3 is 10.6 Å². The Morgan fingerprint density at radius 1 is 1.37 bits per heavy atom. The second-order valence-electron chi connectivity index (χ2n) is 4.74. The predicted octanol–water partition coefficient (Wildman–Crippen LogP) is 0.903. The van der Waals surface area contributed by atoms with Gasteiger partial charge in [0.05, 0.1) is 5.69 Å². The second-order valence-corrected chi connectivity index (χ2v) is 4.74. The van der Waals surface area contributed by atoms with Crippen LogP contribution in [0, 0.1) is 31.1 Å². The number of rotatable bonds is 5. The van der Waals surface area contributed by atoms with Gasteiger partial charge in [0.15, 0.2) is 5.82 Å². The first-order valence-corrected chi connectivity index (χ1v) is 6.39. The molecule has 1 amide bonds. The van der Waals surface area contributed by atoms with E-state index >= 15 is 0 Å². The van der Waals surface area contributed by atoms with Crippen molar-refractivity contribution in [1.82, 2.24) is 15.5 Å². The summed E-state index contributed by atoms with van der Waals surface area (Å²) < 4.78 is 0. The molecule has 1 aliphatic carbocycles. The zero-order valence-corrected chi connectivity index (χ0v) is 11.2. The van der Waals surface area contributed by atoms with Crippen molar-refractivity contribution in [2.24, 2.45) is 5.92 Å². The number of hydrogen-bond donors (Lipinski definition) is 2. The first-order valence-electron chi connectivity index (χ1n) is 6.39. The molecule has 2 rings (SSSR count). The number of nitriles is 1. The van der Waals surface area contributed by atoms with Crippen molar-refractivity contribution in [3.63, 3.8) is 0 Å². The lowest BCUT2D eigenvalue weighted by molar-refractivity contribution is -0.122. The van der Waals surface area contributed by atoms with Crippen LogP contribution >= 0.6 is 0 Å². The summed E-state index contributed by atoms with van der Waals surface area (Å²) >= 11 is 0. The first-order chi connectivity index (χ1) is 9.13. The van der Waals surface area contributed by atoms with E-state index in [2.05, 4.69) is 26.9 Å². The highest BCUT2D eigenvalue weighted by Gasteiger charge is 2.28. The van der Waals surface area contributed by atoms with Gasteiger partial charge in [0.25, 0.3) is 0 Å². The molecule has 2 N–H and O–H groups in total. The molecule has 6 heteroatoms. The topological polar surface area (TPSA) is 90.7 Å². The molecule has 0 aliphatic heterocycles. The summed E-state index contributed by atoms with van der Waals surface area (Å²) in [6.45, 7) is 4.73. The fourth-order valence-corrected chi connectivity index (χ4v) is 1.73. The van der Waals surface area contributed by atoms with Crippen LogP contribution in [0.25, 0.3) is 0 Å². The molecular formula is C13H17N5O. The average molecular weight is 259 g/mol.